The van der Waals surface area contributed by atoms with Gasteiger partial charge in [-0.1, -0.05) is 32.3 Å². The van der Waals surface area contributed by atoms with Crippen molar-refractivity contribution in [3.05, 3.63) is 28.8 Å². The van der Waals surface area contributed by atoms with Crippen LogP contribution in [0.4, 0.5) is 0 Å². The standard InChI is InChI=1S/C17H25N3O3S/c1-3-6-12-9-13(11-7-4-5-8-11)15(24(2,22)23)10-14(12)16(21)20-17(18)19/h9-11H,3-8H2,1-2H3,(H4,18,19,20,21). The number of aliphatic imine (C=N–C) groups is 1. The Hall–Kier alpha value is -1.89. The normalized spacial score (nSPS) is 15.4. The van der Waals surface area contributed by atoms with Crippen LogP contribution in [0.1, 0.15) is 66.4 Å². The molecule has 6 nitrogen and oxygen atoms in total. The largest absolute Gasteiger partial charge is 0.370 e. The summed E-state index contributed by atoms with van der Waals surface area (Å²) < 4.78 is 24.6. The number of benzene rings is 1. The average molecular weight is 351 g/mol. The Labute approximate surface area is 143 Å². The van der Waals surface area contributed by atoms with E-state index in [0.717, 1.165) is 43.2 Å². The molecule has 0 saturated heterocycles. The van der Waals surface area contributed by atoms with Crippen molar-refractivity contribution in [2.24, 2.45) is 16.5 Å². The summed E-state index contributed by atoms with van der Waals surface area (Å²) in [6.07, 6.45) is 6.85. The minimum Gasteiger partial charge on any atom is -0.370 e. The first-order chi connectivity index (χ1) is 11.2. The molecule has 1 saturated carbocycles. The number of rotatable bonds is 5. The number of nitrogens with two attached hydrogens (primary N) is 2. The molecule has 0 atom stereocenters. The van der Waals surface area contributed by atoms with Crippen molar-refractivity contribution in [1.82, 2.24) is 0 Å². The Kier molecular flexibility index (Phi) is 5.64. The molecule has 1 aliphatic rings. The van der Waals surface area contributed by atoms with Crippen molar-refractivity contribution in [2.45, 2.75) is 56.3 Å². The number of sulfone groups is 1. The summed E-state index contributed by atoms with van der Waals surface area (Å²) in [6.45, 7) is 2.01. The van der Waals surface area contributed by atoms with Gasteiger partial charge in [0.15, 0.2) is 15.8 Å². The van der Waals surface area contributed by atoms with Crippen molar-refractivity contribution in [3.8, 4) is 0 Å². The number of hydrogen-bond acceptors (Lipinski definition) is 3. The van der Waals surface area contributed by atoms with Crippen LogP contribution in [0.25, 0.3) is 0 Å². The highest BCUT2D eigenvalue weighted by atomic mass is 32.2. The van der Waals surface area contributed by atoms with Crippen LogP contribution in [0.3, 0.4) is 0 Å². The van der Waals surface area contributed by atoms with Gasteiger partial charge in [-0.2, -0.15) is 4.99 Å². The van der Waals surface area contributed by atoms with Gasteiger partial charge in [0.05, 0.1) is 4.90 Å². The highest BCUT2D eigenvalue weighted by molar-refractivity contribution is 7.90. The summed E-state index contributed by atoms with van der Waals surface area (Å²) in [6, 6.07) is 3.34. The highest BCUT2D eigenvalue weighted by Crippen LogP contribution is 2.38. The molecule has 1 aliphatic carbocycles. The van der Waals surface area contributed by atoms with E-state index in [1.54, 1.807) is 0 Å². The molecule has 0 bridgehead atoms. The Morgan fingerprint density at radius 1 is 1.25 bits per heavy atom. The molecule has 1 aromatic carbocycles. The zero-order chi connectivity index (χ0) is 17.9. The van der Waals surface area contributed by atoms with Crippen LogP contribution in [0.2, 0.25) is 0 Å². The molecule has 1 aromatic rings. The van der Waals surface area contributed by atoms with Gasteiger partial charge in [0, 0.05) is 11.8 Å². The van der Waals surface area contributed by atoms with Crippen LogP contribution in [-0.2, 0) is 16.3 Å². The van der Waals surface area contributed by atoms with Gasteiger partial charge in [0.25, 0.3) is 5.91 Å². The lowest BCUT2D eigenvalue weighted by atomic mass is 9.92. The van der Waals surface area contributed by atoms with E-state index in [9.17, 15) is 13.2 Å². The third-order valence-electron chi connectivity index (χ3n) is 4.41. The first-order valence-corrected chi connectivity index (χ1v) is 10.1. The number of carbonyl (C=O) groups excluding carboxylic acids is 1. The van der Waals surface area contributed by atoms with Gasteiger partial charge < -0.3 is 11.5 Å². The molecule has 0 unspecified atom stereocenters. The molecule has 0 radical (unpaired) electrons. The molecule has 4 N–H and O–H groups in total. The lowest BCUT2D eigenvalue weighted by molar-refractivity contribution is 0.100. The molecule has 24 heavy (non-hydrogen) atoms. The number of carbonyl (C=O) groups is 1. The first kappa shape index (κ1) is 18.4. The average Bonchev–Trinajstić information content (AvgIpc) is 2.99. The van der Waals surface area contributed by atoms with Crippen molar-refractivity contribution < 1.29 is 13.2 Å². The second-order valence-electron chi connectivity index (χ2n) is 6.39. The minimum absolute atomic E-state index is 0.225. The van der Waals surface area contributed by atoms with E-state index < -0.39 is 15.7 Å². The van der Waals surface area contributed by atoms with E-state index in [1.807, 2.05) is 13.0 Å². The predicted octanol–water partition coefficient (Wildman–Crippen LogP) is 2.11. The van der Waals surface area contributed by atoms with E-state index >= 15 is 0 Å². The summed E-state index contributed by atoms with van der Waals surface area (Å²) in [7, 11) is -3.45. The Morgan fingerprint density at radius 3 is 2.38 bits per heavy atom. The van der Waals surface area contributed by atoms with Crippen LogP contribution in [0, 0.1) is 0 Å². The number of aryl methyl sites for hydroxylation is 1. The van der Waals surface area contributed by atoms with Crippen LogP contribution in [-0.4, -0.2) is 26.5 Å². The molecule has 7 heteroatoms. The lowest BCUT2D eigenvalue weighted by Crippen LogP contribution is -2.24. The quantitative estimate of drug-likeness (QED) is 0.622. The van der Waals surface area contributed by atoms with E-state index in [2.05, 4.69) is 4.99 Å². The van der Waals surface area contributed by atoms with Gasteiger partial charge in [-0.3, -0.25) is 4.79 Å². The van der Waals surface area contributed by atoms with Gasteiger partial charge in [0.2, 0.25) is 0 Å². The van der Waals surface area contributed by atoms with Gasteiger partial charge >= 0.3 is 0 Å². The number of guanidine groups is 1. The maximum Gasteiger partial charge on any atom is 0.280 e. The van der Waals surface area contributed by atoms with Gasteiger partial charge in [0.1, 0.15) is 0 Å². The van der Waals surface area contributed by atoms with E-state index in [0.29, 0.717) is 6.42 Å². The predicted molar refractivity (Wildman–Crippen MR) is 94.9 cm³/mol. The monoisotopic (exact) mass is 351 g/mol. The molecule has 1 fully saturated rings. The van der Waals surface area contributed by atoms with Crippen molar-refractivity contribution in [2.75, 3.05) is 6.26 Å². The van der Waals surface area contributed by atoms with Gasteiger partial charge in [-0.15, -0.1) is 0 Å². The number of amides is 1. The smallest absolute Gasteiger partial charge is 0.280 e. The maximum absolute atomic E-state index is 12.3. The summed E-state index contributed by atoms with van der Waals surface area (Å²) in [5.74, 6) is -0.692. The molecule has 1 amide bonds. The zero-order valence-electron chi connectivity index (χ0n) is 14.2. The Bertz CT molecular complexity index is 760. The van der Waals surface area contributed by atoms with Crippen molar-refractivity contribution in [1.29, 1.82) is 0 Å². The third-order valence-corrected chi connectivity index (χ3v) is 5.56. The first-order valence-electron chi connectivity index (χ1n) is 8.24. The number of hydrogen-bond donors (Lipinski definition) is 2. The topological polar surface area (TPSA) is 116 Å². The summed E-state index contributed by atoms with van der Waals surface area (Å²) in [5, 5.41) is 0. The summed E-state index contributed by atoms with van der Waals surface area (Å²) in [4.78, 5) is 16.1. The fourth-order valence-corrected chi connectivity index (χ4v) is 4.36. The van der Waals surface area contributed by atoms with Crippen LogP contribution < -0.4 is 11.5 Å². The lowest BCUT2D eigenvalue weighted by Gasteiger charge is -2.18. The van der Waals surface area contributed by atoms with Crippen LogP contribution in [0.5, 0.6) is 0 Å². The fraction of sp³-hybridized carbons (Fsp3) is 0.529. The Balaban J connectivity index is 2.67. The molecule has 0 aromatic heterocycles. The van der Waals surface area contributed by atoms with Crippen molar-refractivity contribution >= 4 is 21.7 Å². The maximum atomic E-state index is 12.3. The van der Waals surface area contributed by atoms with Gasteiger partial charge in [-0.25, -0.2) is 8.42 Å². The molecule has 0 spiro atoms. The summed E-state index contributed by atoms with van der Waals surface area (Å²) in [5.41, 5.74) is 12.5. The second kappa shape index (κ2) is 7.34. The molecule has 0 aliphatic heterocycles. The molecule has 0 heterocycles. The third kappa shape index (κ3) is 4.14. The molecule has 2 rings (SSSR count). The van der Waals surface area contributed by atoms with E-state index in [-0.39, 0.29) is 22.3 Å². The molecular weight excluding hydrogens is 326 g/mol. The van der Waals surface area contributed by atoms with E-state index in [1.165, 1.54) is 12.3 Å². The zero-order valence-corrected chi connectivity index (χ0v) is 15.0. The molecule has 132 valence electrons. The second-order valence-corrected chi connectivity index (χ2v) is 8.38. The van der Waals surface area contributed by atoms with Crippen LogP contribution in [0.15, 0.2) is 22.0 Å². The fourth-order valence-electron chi connectivity index (χ4n) is 3.37. The molecular formula is C17H25N3O3S. The van der Waals surface area contributed by atoms with E-state index in [4.69, 9.17) is 11.5 Å². The number of nitrogens with zero attached hydrogens (tertiary/aromatic N) is 1. The highest BCUT2D eigenvalue weighted by Gasteiger charge is 2.26. The Morgan fingerprint density at radius 2 is 1.88 bits per heavy atom. The van der Waals surface area contributed by atoms with Gasteiger partial charge in [-0.05, 0) is 42.4 Å². The van der Waals surface area contributed by atoms with Crippen LogP contribution >= 0.6 is 0 Å². The minimum atomic E-state index is -3.45. The van der Waals surface area contributed by atoms with Crippen molar-refractivity contribution in [3.63, 3.8) is 0 Å². The SMILES string of the molecule is CCCc1cc(C2CCCC2)c(S(C)(=O)=O)cc1C(=O)N=C(N)N. The summed E-state index contributed by atoms with van der Waals surface area (Å²) >= 11 is 0.